The third kappa shape index (κ3) is 6.04. The van der Waals surface area contributed by atoms with Crippen LogP contribution in [0.15, 0.2) is 109 Å². The first kappa shape index (κ1) is 35.1. The lowest BCUT2D eigenvalue weighted by Gasteiger charge is -2.45. The summed E-state index contributed by atoms with van der Waals surface area (Å²) >= 11 is 0. The maximum absolute atomic E-state index is 14.6. The van der Waals surface area contributed by atoms with Gasteiger partial charge in [0.25, 0.3) is 0 Å². The van der Waals surface area contributed by atoms with Crippen LogP contribution in [-0.2, 0) is 9.59 Å². The van der Waals surface area contributed by atoms with Gasteiger partial charge in [-0.2, -0.15) is 0 Å². The Morgan fingerprint density at radius 2 is 0.846 bits per heavy atom. The first-order valence-corrected chi connectivity index (χ1v) is 18.5. The molecular weight excluding hydrogens is 643 g/mol. The van der Waals surface area contributed by atoms with E-state index in [9.17, 15) is 9.59 Å². The molecular formula is C46H48N3O3. The fourth-order valence-electron chi connectivity index (χ4n) is 7.63. The van der Waals surface area contributed by atoms with Crippen LogP contribution in [0.25, 0.3) is 0 Å². The fraction of sp³-hybridized carbons (Fsp3) is 0.283. The Balaban J connectivity index is 1.47. The average molecular weight is 691 g/mol. The second-order valence-corrected chi connectivity index (χ2v) is 15.1. The van der Waals surface area contributed by atoms with E-state index < -0.39 is 0 Å². The van der Waals surface area contributed by atoms with Crippen LogP contribution in [0.4, 0.5) is 28.4 Å². The second kappa shape index (κ2) is 14.0. The van der Waals surface area contributed by atoms with E-state index in [2.05, 4.69) is 133 Å². The Hall–Kier alpha value is -5.36. The van der Waals surface area contributed by atoms with Crippen molar-refractivity contribution in [2.75, 3.05) is 14.7 Å². The van der Waals surface area contributed by atoms with Crippen molar-refractivity contribution >= 4 is 40.3 Å². The number of para-hydroxylation sites is 6. The summed E-state index contributed by atoms with van der Waals surface area (Å²) in [6, 6.07) is 37.0. The van der Waals surface area contributed by atoms with Gasteiger partial charge in [-0.05, 0) is 82.3 Å². The number of carbonyl (C=O) groups excluding carboxylic acids is 2. The number of fused-ring (bicyclic) bond motifs is 2. The molecule has 0 unspecified atom stereocenters. The van der Waals surface area contributed by atoms with Gasteiger partial charge in [-0.3, -0.25) is 19.4 Å². The lowest BCUT2D eigenvalue weighted by atomic mass is 9.88. The second-order valence-electron chi connectivity index (χ2n) is 15.1. The normalized spacial score (nSPS) is 14.8. The van der Waals surface area contributed by atoms with Crippen molar-refractivity contribution < 1.29 is 14.3 Å². The van der Waals surface area contributed by atoms with Crippen molar-refractivity contribution in [3.63, 3.8) is 0 Å². The SMILES string of the molecule is CC(C)c1cccc(C(C)C)c1N1[C](c2ccc(N3c4ccccc4Oc4ccccc43)cc2)N(c2c(C(C)C)cccc2C(C)C)C(=O)CC1=O. The molecule has 265 valence electrons. The van der Waals surface area contributed by atoms with Gasteiger partial charge in [0, 0.05) is 11.3 Å². The highest BCUT2D eigenvalue weighted by Crippen LogP contribution is 2.51. The monoisotopic (exact) mass is 690 g/mol. The van der Waals surface area contributed by atoms with Gasteiger partial charge >= 0.3 is 0 Å². The average Bonchev–Trinajstić information content (AvgIpc) is 3.13. The summed E-state index contributed by atoms with van der Waals surface area (Å²) in [4.78, 5) is 35.1. The maximum Gasteiger partial charge on any atom is 0.238 e. The molecule has 7 rings (SSSR count). The predicted molar refractivity (Wildman–Crippen MR) is 212 cm³/mol. The van der Waals surface area contributed by atoms with Gasteiger partial charge < -0.3 is 9.64 Å². The molecule has 52 heavy (non-hydrogen) atoms. The van der Waals surface area contributed by atoms with E-state index in [-0.39, 0.29) is 41.9 Å². The quantitative estimate of drug-likeness (QED) is 0.149. The molecule has 5 aromatic carbocycles. The van der Waals surface area contributed by atoms with E-state index in [0.717, 1.165) is 67.8 Å². The zero-order valence-corrected chi connectivity index (χ0v) is 31.5. The van der Waals surface area contributed by atoms with Crippen LogP contribution in [0.5, 0.6) is 11.5 Å². The van der Waals surface area contributed by atoms with Crippen molar-refractivity contribution in [1.82, 2.24) is 0 Å². The minimum atomic E-state index is -0.225. The summed E-state index contributed by atoms with van der Waals surface area (Å²) in [5.41, 5.74) is 9.64. The topological polar surface area (TPSA) is 53.1 Å². The first-order chi connectivity index (χ1) is 25.0. The molecule has 0 aromatic heterocycles. The van der Waals surface area contributed by atoms with E-state index in [4.69, 9.17) is 4.74 Å². The largest absolute Gasteiger partial charge is 0.453 e. The van der Waals surface area contributed by atoms with Gasteiger partial charge in [-0.15, -0.1) is 0 Å². The zero-order chi connectivity index (χ0) is 36.8. The summed E-state index contributed by atoms with van der Waals surface area (Å²) in [6.45, 7) is 17.3. The Morgan fingerprint density at radius 3 is 1.23 bits per heavy atom. The number of nitrogens with zero attached hydrogens (tertiary/aromatic N) is 3. The first-order valence-electron chi connectivity index (χ1n) is 18.5. The fourth-order valence-corrected chi connectivity index (χ4v) is 7.63. The third-order valence-corrected chi connectivity index (χ3v) is 10.2. The summed E-state index contributed by atoms with van der Waals surface area (Å²) in [5, 5.41) is 0. The Kier molecular flexibility index (Phi) is 9.43. The molecule has 2 aliphatic heterocycles. The number of ether oxygens (including phenoxy) is 1. The number of rotatable bonds is 8. The number of carbonyl (C=O) groups is 2. The highest BCUT2D eigenvalue weighted by atomic mass is 16.5. The summed E-state index contributed by atoms with van der Waals surface area (Å²) in [5.74, 6) is 1.69. The van der Waals surface area contributed by atoms with Crippen LogP contribution in [0, 0.1) is 6.17 Å². The standard InChI is InChI=1S/C46H48N3O3/c1-28(2)34-15-13-16-35(29(3)4)44(34)48-42(50)27-43(51)49(45-36(30(5)6)17-14-18-37(45)31(7)8)46(48)32-23-25-33(26-24-32)47-38-19-9-11-21-40(38)52-41-22-12-10-20-39(41)47/h9-26,28-31H,27H2,1-8H3. The van der Waals surface area contributed by atoms with Crippen molar-refractivity contribution in [3.8, 4) is 11.5 Å². The van der Waals surface area contributed by atoms with E-state index in [1.54, 1.807) is 0 Å². The zero-order valence-electron chi connectivity index (χ0n) is 31.5. The molecule has 2 aliphatic rings. The lowest BCUT2D eigenvalue weighted by Crippen LogP contribution is -2.55. The van der Waals surface area contributed by atoms with Crippen LogP contribution in [-0.4, -0.2) is 11.8 Å². The summed E-state index contributed by atoms with van der Waals surface area (Å²) < 4.78 is 6.29. The van der Waals surface area contributed by atoms with Crippen LogP contribution in [0.3, 0.4) is 0 Å². The van der Waals surface area contributed by atoms with Gasteiger partial charge in [-0.25, -0.2) is 0 Å². The van der Waals surface area contributed by atoms with Gasteiger partial charge in [-0.1, -0.05) is 128 Å². The molecule has 0 atom stereocenters. The van der Waals surface area contributed by atoms with Crippen LogP contribution in [0.1, 0.15) is 113 Å². The van der Waals surface area contributed by atoms with E-state index in [1.165, 1.54) is 0 Å². The van der Waals surface area contributed by atoms with Crippen molar-refractivity contribution in [3.05, 3.63) is 143 Å². The summed E-state index contributed by atoms with van der Waals surface area (Å²) in [6.07, 6.45) is 0.345. The van der Waals surface area contributed by atoms with Crippen molar-refractivity contribution in [2.45, 2.75) is 85.5 Å². The highest BCUT2D eigenvalue weighted by Gasteiger charge is 2.46. The molecule has 2 heterocycles. The molecule has 5 aromatic rings. The molecule has 0 aliphatic carbocycles. The smallest absolute Gasteiger partial charge is 0.238 e. The van der Waals surface area contributed by atoms with Crippen LogP contribution in [0.2, 0.25) is 0 Å². The van der Waals surface area contributed by atoms with E-state index in [0.29, 0.717) is 6.17 Å². The maximum atomic E-state index is 14.6. The minimum absolute atomic E-state index is 0.145. The highest BCUT2D eigenvalue weighted by molar-refractivity contribution is 6.18. The van der Waals surface area contributed by atoms with E-state index >= 15 is 0 Å². The van der Waals surface area contributed by atoms with Crippen molar-refractivity contribution in [1.29, 1.82) is 0 Å². The molecule has 0 spiro atoms. The lowest BCUT2D eigenvalue weighted by molar-refractivity contribution is -0.128. The molecule has 0 N–H and O–H groups in total. The molecule has 6 heteroatoms. The van der Waals surface area contributed by atoms with Gasteiger partial charge in [0.1, 0.15) is 6.42 Å². The van der Waals surface area contributed by atoms with Crippen molar-refractivity contribution in [2.24, 2.45) is 0 Å². The Bertz CT molecular complexity index is 1950. The molecule has 2 amide bonds. The minimum Gasteiger partial charge on any atom is -0.453 e. The predicted octanol–water partition coefficient (Wildman–Crippen LogP) is 12.1. The van der Waals surface area contributed by atoms with Gasteiger partial charge in [0.15, 0.2) is 11.5 Å². The molecule has 6 nitrogen and oxygen atoms in total. The van der Waals surface area contributed by atoms with Crippen LogP contribution >= 0.6 is 0 Å². The molecule has 1 saturated heterocycles. The third-order valence-electron chi connectivity index (χ3n) is 10.2. The summed E-state index contributed by atoms with van der Waals surface area (Å²) in [7, 11) is 0. The molecule has 1 fully saturated rings. The number of amides is 2. The van der Waals surface area contributed by atoms with Crippen LogP contribution < -0.4 is 19.4 Å². The Labute approximate surface area is 308 Å². The van der Waals surface area contributed by atoms with E-state index in [1.807, 2.05) is 46.2 Å². The number of hydrogen-bond donors (Lipinski definition) is 0. The number of benzene rings is 5. The molecule has 0 bridgehead atoms. The van der Waals surface area contributed by atoms with Gasteiger partial charge in [0.2, 0.25) is 18.0 Å². The Morgan fingerprint density at radius 1 is 0.462 bits per heavy atom. The molecule has 1 radical (unpaired) electrons. The van der Waals surface area contributed by atoms with Gasteiger partial charge in [0.05, 0.1) is 22.7 Å². The number of anilines is 5. The molecule has 0 saturated carbocycles. The number of hydrogen-bond acceptors (Lipinski definition) is 4.